The molecule has 3 fully saturated rings. The highest BCUT2D eigenvalue weighted by atomic mass is 16.6. The van der Waals surface area contributed by atoms with Crippen LogP contribution in [0.1, 0.15) is 18.4 Å². The van der Waals surface area contributed by atoms with Crippen molar-refractivity contribution in [3.8, 4) is 5.75 Å². The van der Waals surface area contributed by atoms with E-state index in [0.717, 1.165) is 31.5 Å². The van der Waals surface area contributed by atoms with Crippen LogP contribution in [-0.4, -0.2) is 48.7 Å². The normalized spacial score (nSPS) is 29.9. The summed E-state index contributed by atoms with van der Waals surface area (Å²) in [5.74, 6) is -1.96. The number of ether oxygens (including phenoxy) is 2. The fraction of sp³-hybridized carbons (Fsp3) is 0.500. The van der Waals surface area contributed by atoms with Crippen molar-refractivity contribution in [2.45, 2.75) is 18.4 Å². The predicted octanol–water partition coefficient (Wildman–Crippen LogP) is 1.24. The Hall–Kier alpha value is -2.08. The molecular weight excluding hydrogens is 286 g/mol. The van der Waals surface area contributed by atoms with E-state index in [1.54, 1.807) is 7.11 Å². The van der Waals surface area contributed by atoms with Crippen molar-refractivity contribution < 1.29 is 24.2 Å². The van der Waals surface area contributed by atoms with Gasteiger partial charge in [-0.05, 0) is 38.1 Å². The largest absolute Gasteiger partial charge is 0.497 e. The molecule has 3 aliphatic heterocycles. The summed E-state index contributed by atoms with van der Waals surface area (Å²) in [6.45, 7) is 2.45. The topological polar surface area (TPSA) is 76.1 Å². The third-order valence-electron chi connectivity index (χ3n) is 4.71. The number of rotatable bonds is 3. The number of piperidine rings is 3. The number of carboxylic acids is 1. The van der Waals surface area contributed by atoms with Gasteiger partial charge in [0.05, 0.1) is 7.11 Å². The number of esters is 1. The maximum absolute atomic E-state index is 11.7. The molecule has 1 atom stereocenters. The number of methoxy groups -OCH3 is 1. The molecule has 0 amide bonds. The summed E-state index contributed by atoms with van der Waals surface area (Å²) in [6.07, 6.45) is 1.79. The first-order chi connectivity index (χ1) is 10.5. The van der Waals surface area contributed by atoms with E-state index in [-0.39, 0.29) is 5.92 Å². The molecule has 3 aliphatic rings. The first kappa shape index (κ1) is 14.8. The predicted molar refractivity (Wildman–Crippen MR) is 77.6 cm³/mol. The van der Waals surface area contributed by atoms with Crippen LogP contribution in [0, 0.1) is 5.92 Å². The number of carbonyl (C=O) groups is 2. The van der Waals surface area contributed by atoms with Crippen LogP contribution in [0.5, 0.6) is 5.75 Å². The lowest BCUT2D eigenvalue weighted by Gasteiger charge is -2.52. The Morgan fingerprint density at radius 2 is 2.05 bits per heavy atom. The average Bonchev–Trinajstić information content (AvgIpc) is 2.55. The maximum Gasteiger partial charge on any atom is 0.418 e. The number of benzene rings is 1. The van der Waals surface area contributed by atoms with Crippen molar-refractivity contribution in [1.82, 2.24) is 4.90 Å². The van der Waals surface area contributed by atoms with Crippen LogP contribution in [0.15, 0.2) is 24.3 Å². The van der Waals surface area contributed by atoms with Gasteiger partial charge in [0.2, 0.25) is 0 Å². The lowest BCUT2D eigenvalue weighted by Crippen LogP contribution is -2.59. The fourth-order valence-electron chi connectivity index (χ4n) is 3.62. The van der Waals surface area contributed by atoms with Crippen molar-refractivity contribution in [3.63, 3.8) is 0 Å². The third-order valence-corrected chi connectivity index (χ3v) is 4.71. The minimum absolute atomic E-state index is 0.132. The summed E-state index contributed by atoms with van der Waals surface area (Å²) in [5, 5.41) is 8.93. The van der Waals surface area contributed by atoms with Crippen LogP contribution in [0.25, 0.3) is 0 Å². The van der Waals surface area contributed by atoms with Crippen molar-refractivity contribution in [1.29, 1.82) is 0 Å². The highest BCUT2D eigenvalue weighted by molar-refractivity contribution is 6.28. The number of nitrogens with zero attached hydrogens (tertiary/aromatic N) is 1. The lowest BCUT2D eigenvalue weighted by molar-refractivity contribution is -0.194. The number of aliphatic carboxylic acids is 1. The zero-order chi connectivity index (χ0) is 15.7. The second-order valence-electron chi connectivity index (χ2n) is 5.87. The number of fused-ring (bicyclic) bond motifs is 3. The minimum atomic E-state index is -1.56. The molecule has 1 unspecified atom stereocenters. The minimum Gasteiger partial charge on any atom is -0.497 e. The van der Waals surface area contributed by atoms with Gasteiger partial charge in [0.25, 0.3) is 0 Å². The molecule has 1 aromatic rings. The molecule has 0 radical (unpaired) electrons. The van der Waals surface area contributed by atoms with Crippen molar-refractivity contribution in [2.75, 3.05) is 26.7 Å². The lowest BCUT2D eigenvalue weighted by atomic mass is 9.71. The highest BCUT2D eigenvalue weighted by Gasteiger charge is 2.51. The molecule has 1 N–H and O–H groups in total. The average molecular weight is 305 g/mol. The second-order valence-corrected chi connectivity index (χ2v) is 5.87. The summed E-state index contributed by atoms with van der Waals surface area (Å²) in [5.41, 5.74) is -0.101. The third kappa shape index (κ3) is 2.43. The highest BCUT2D eigenvalue weighted by Crippen LogP contribution is 2.46. The van der Waals surface area contributed by atoms with E-state index in [4.69, 9.17) is 14.6 Å². The van der Waals surface area contributed by atoms with Crippen molar-refractivity contribution in [2.24, 2.45) is 5.92 Å². The molecule has 22 heavy (non-hydrogen) atoms. The summed E-state index contributed by atoms with van der Waals surface area (Å²) >= 11 is 0. The molecular formula is C16H19NO5. The van der Waals surface area contributed by atoms with Gasteiger partial charge in [-0.15, -0.1) is 0 Å². The first-order valence-corrected chi connectivity index (χ1v) is 7.38. The smallest absolute Gasteiger partial charge is 0.418 e. The van der Waals surface area contributed by atoms with Crippen LogP contribution in [0.4, 0.5) is 0 Å². The molecule has 3 heterocycles. The van der Waals surface area contributed by atoms with Crippen LogP contribution in [0.3, 0.4) is 0 Å². The summed E-state index contributed by atoms with van der Waals surface area (Å²) in [6, 6.07) is 7.36. The molecule has 1 aromatic carbocycles. The first-order valence-electron chi connectivity index (χ1n) is 7.38. The van der Waals surface area contributed by atoms with Crippen LogP contribution in [-0.2, 0) is 19.9 Å². The van der Waals surface area contributed by atoms with Gasteiger partial charge in [0.1, 0.15) is 5.75 Å². The van der Waals surface area contributed by atoms with E-state index < -0.39 is 17.5 Å². The quantitative estimate of drug-likeness (QED) is 0.669. The van der Waals surface area contributed by atoms with E-state index in [2.05, 4.69) is 4.90 Å². The van der Waals surface area contributed by atoms with E-state index in [9.17, 15) is 9.59 Å². The molecule has 6 heteroatoms. The second kappa shape index (κ2) is 5.61. The molecule has 118 valence electrons. The van der Waals surface area contributed by atoms with Crippen LogP contribution >= 0.6 is 0 Å². The SMILES string of the molecule is COc1cccc(C2(OC(=O)C(=O)O)CN3CCC2CC3)c1. The van der Waals surface area contributed by atoms with E-state index in [1.807, 2.05) is 24.3 Å². The summed E-state index contributed by atoms with van der Waals surface area (Å²) in [7, 11) is 1.57. The number of carboxylic acid groups (broad SMARTS) is 1. The fourth-order valence-corrected chi connectivity index (χ4v) is 3.62. The van der Waals surface area contributed by atoms with E-state index >= 15 is 0 Å². The van der Waals surface area contributed by atoms with Gasteiger partial charge in [-0.1, -0.05) is 12.1 Å². The van der Waals surface area contributed by atoms with Gasteiger partial charge in [0, 0.05) is 18.0 Å². The Bertz CT molecular complexity index is 594. The Morgan fingerprint density at radius 3 is 2.59 bits per heavy atom. The Morgan fingerprint density at radius 1 is 1.32 bits per heavy atom. The zero-order valence-corrected chi connectivity index (χ0v) is 12.4. The molecule has 3 saturated heterocycles. The number of hydrogen-bond donors (Lipinski definition) is 1. The van der Waals surface area contributed by atoms with Gasteiger partial charge in [-0.2, -0.15) is 0 Å². The van der Waals surface area contributed by atoms with Gasteiger partial charge in [0.15, 0.2) is 5.60 Å². The molecule has 0 aliphatic carbocycles. The van der Waals surface area contributed by atoms with Crippen molar-refractivity contribution in [3.05, 3.63) is 29.8 Å². The van der Waals surface area contributed by atoms with Gasteiger partial charge in [-0.25, -0.2) is 9.59 Å². The Kier molecular flexibility index (Phi) is 3.78. The number of hydrogen-bond acceptors (Lipinski definition) is 5. The van der Waals surface area contributed by atoms with Crippen molar-refractivity contribution >= 4 is 11.9 Å². The Labute approximate surface area is 128 Å². The molecule has 0 aromatic heterocycles. The molecule has 0 saturated carbocycles. The molecule has 0 spiro atoms. The monoisotopic (exact) mass is 305 g/mol. The van der Waals surface area contributed by atoms with Gasteiger partial charge >= 0.3 is 11.9 Å². The summed E-state index contributed by atoms with van der Waals surface area (Å²) in [4.78, 5) is 24.9. The van der Waals surface area contributed by atoms with E-state index in [1.165, 1.54) is 0 Å². The molecule has 6 nitrogen and oxygen atoms in total. The number of carbonyl (C=O) groups excluding carboxylic acids is 1. The van der Waals surface area contributed by atoms with Gasteiger partial charge in [-0.3, -0.25) is 4.90 Å². The van der Waals surface area contributed by atoms with Crippen LogP contribution < -0.4 is 4.74 Å². The zero-order valence-electron chi connectivity index (χ0n) is 12.4. The van der Waals surface area contributed by atoms with Gasteiger partial charge < -0.3 is 14.6 Å². The standard InChI is InChI=1S/C16H19NO5/c1-21-13-4-2-3-12(9-13)16(22-15(20)14(18)19)10-17-7-5-11(16)6-8-17/h2-4,9,11H,5-8,10H2,1H3,(H,18,19). The van der Waals surface area contributed by atoms with E-state index in [0.29, 0.717) is 12.3 Å². The molecule has 2 bridgehead atoms. The van der Waals surface area contributed by atoms with Crippen LogP contribution in [0.2, 0.25) is 0 Å². The maximum atomic E-state index is 11.7. The molecule has 4 rings (SSSR count). The summed E-state index contributed by atoms with van der Waals surface area (Å²) < 4.78 is 10.8. The Balaban J connectivity index is 2.02.